The van der Waals surface area contributed by atoms with Gasteiger partial charge in [-0.15, -0.1) is 0 Å². The number of methoxy groups -OCH3 is 1. The van der Waals surface area contributed by atoms with Gasteiger partial charge >= 0.3 is 0 Å². The van der Waals surface area contributed by atoms with Gasteiger partial charge in [0.1, 0.15) is 5.75 Å². The number of para-hydroxylation sites is 1. The van der Waals surface area contributed by atoms with Gasteiger partial charge < -0.3 is 20.1 Å². The number of ether oxygens (including phenoxy) is 2. The molecule has 6 nitrogen and oxygen atoms in total. The Morgan fingerprint density at radius 1 is 1.00 bits per heavy atom. The van der Waals surface area contributed by atoms with Crippen molar-refractivity contribution < 1.29 is 19.1 Å². The molecule has 1 aliphatic rings. The van der Waals surface area contributed by atoms with Crippen LogP contribution in [0.25, 0.3) is 11.1 Å². The predicted octanol–water partition coefficient (Wildman–Crippen LogP) is 3.23. The molecule has 4 rings (SSSR count). The molecule has 1 fully saturated rings. The van der Waals surface area contributed by atoms with Crippen LogP contribution in [0.5, 0.6) is 5.75 Å². The lowest BCUT2D eigenvalue weighted by atomic mass is 9.90. The third-order valence-electron chi connectivity index (χ3n) is 6.05. The summed E-state index contributed by atoms with van der Waals surface area (Å²) in [6, 6.07) is 25.4. The fraction of sp³-hybridized carbons (Fsp3) is 0.259. The second-order valence-electron chi connectivity index (χ2n) is 8.25. The molecule has 0 bridgehead atoms. The topological polar surface area (TPSA) is 81.9 Å². The molecule has 0 saturated carbocycles. The van der Waals surface area contributed by atoms with Crippen molar-refractivity contribution in [2.45, 2.75) is 18.4 Å². The molecule has 1 atom stereocenters. The molecule has 6 heteroatoms. The quantitative estimate of drug-likeness (QED) is 0.607. The minimum absolute atomic E-state index is 0.0912. The number of benzene rings is 3. The van der Waals surface area contributed by atoms with E-state index in [2.05, 4.69) is 0 Å². The monoisotopic (exact) mass is 444 g/mol. The number of morpholine rings is 1. The Bertz CT molecular complexity index is 1130. The summed E-state index contributed by atoms with van der Waals surface area (Å²) >= 11 is 0. The van der Waals surface area contributed by atoms with E-state index in [4.69, 9.17) is 15.2 Å². The summed E-state index contributed by atoms with van der Waals surface area (Å²) < 4.78 is 11.3. The first-order valence-electron chi connectivity index (χ1n) is 11.0. The second kappa shape index (κ2) is 9.88. The number of rotatable bonds is 7. The first-order valence-corrected chi connectivity index (χ1v) is 11.0. The van der Waals surface area contributed by atoms with Crippen molar-refractivity contribution in [2.75, 3.05) is 26.8 Å². The SMILES string of the molecule is COc1ccccc1CC(=O)N1CCOC(Cc2cccc(-c3ccccc3)c2)(C(N)=O)C1. The largest absolute Gasteiger partial charge is 0.496 e. The van der Waals surface area contributed by atoms with Gasteiger partial charge in [-0.05, 0) is 22.8 Å². The summed E-state index contributed by atoms with van der Waals surface area (Å²) in [4.78, 5) is 27.4. The lowest BCUT2D eigenvalue weighted by Gasteiger charge is -2.41. The van der Waals surface area contributed by atoms with E-state index in [1.807, 2.05) is 78.9 Å². The molecular formula is C27H28N2O4. The number of carbonyl (C=O) groups is 2. The fourth-order valence-corrected chi connectivity index (χ4v) is 4.29. The molecule has 3 aromatic carbocycles. The van der Waals surface area contributed by atoms with Crippen molar-refractivity contribution in [3.8, 4) is 16.9 Å². The molecule has 33 heavy (non-hydrogen) atoms. The first kappa shape index (κ1) is 22.6. The van der Waals surface area contributed by atoms with Crippen molar-refractivity contribution in [1.29, 1.82) is 0 Å². The maximum absolute atomic E-state index is 13.1. The molecule has 2 N–H and O–H groups in total. The number of nitrogens with zero attached hydrogens (tertiary/aromatic N) is 1. The van der Waals surface area contributed by atoms with Crippen molar-refractivity contribution in [3.05, 3.63) is 90.0 Å². The number of carbonyl (C=O) groups excluding carboxylic acids is 2. The van der Waals surface area contributed by atoms with Crippen LogP contribution < -0.4 is 10.5 Å². The smallest absolute Gasteiger partial charge is 0.251 e. The molecule has 1 unspecified atom stereocenters. The zero-order valence-corrected chi connectivity index (χ0v) is 18.7. The standard InChI is InChI=1S/C27H28N2O4/c1-32-24-13-6-5-11-23(24)17-25(30)29-14-15-33-27(19-29,26(28)31)18-20-8-7-12-22(16-20)21-9-3-2-4-10-21/h2-13,16H,14-15,17-19H2,1H3,(H2,28,31). The van der Waals surface area contributed by atoms with E-state index in [0.29, 0.717) is 18.7 Å². The van der Waals surface area contributed by atoms with Crippen molar-refractivity contribution >= 4 is 11.8 Å². The van der Waals surface area contributed by atoms with Crippen molar-refractivity contribution in [1.82, 2.24) is 4.90 Å². The molecule has 0 spiro atoms. The van der Waals surface area contributed by atoms with Gasteiger partial charge in [-0.25, -0.2) is 0 Å². The molecule has 0 aliphatic carbocycles. The average molecular weight is 445 g/mol. The maximum Gasteiger partial charge on any atom is 0.251 e. The number of amides is 2. The number of hydrogen-bond acceptors (Lipinski definition) is 4. The molecule has 1 aliphatic heterocycles. The summed E-state index contributed by atoms with van der Waals surface area (Å²) in [5.74, 6) is 0.00636. The van der Waals surface area contributed by atoms with Crippen LogP contribution in [0.3, 0.4) is 0 Å². The van der Waals surface area contributed by atoms with E-state index in [-0.39, 0.29) is 25.5 Å². The summed E-state index contributed by atoms with van der Waals surface area (Å²) in [7, 11) is 1.58. The van der Waals surface area contributed by atoms with E-state index < -0.39 is 11.5 Å². The van der Waals surface area contributed by atoms with E-state index >= 15 is 0 Å². The maximum atomic E-state index is 13.1. The molecule has 1 heterocycles. The predicted molar refractivity (Wildman–Crippen MR) is 127 cm³/mol. The molecule has 2 amide bonds. The molecular weight excluding hydrogens is 416 g/mol. The van der Waals surface area contributed by atoms with Crippen LogP contribution in [0, 0.1) is 0 Å². The minimum Gasteiger partial charge on any atom is -0.496 e. The van der Waals surface area contributed by atoms with E-state index in [1.165, 1.54) is 0 Å². The molecule has 170 valence electrons. The molecule has 3 aromatic rings. The van der Waals surface area contributed by atoms with Crippen LogP contribution in [-0.2, 0) is 27.2 Å². The summed E-state index contributed by atoms with van der Waals surface area (Å²) in [6.07, 6.45) is 0.476. The van der Waals surface area contributed by atoms with Gasteiger partial charge in [-0.3, -0.25) is 9.59 Å². The molecule has 0 radical (unpaired) electrons. The lowest BCUT2D eigenvalue weighted by Crippen LogP contribution is -2.61. The average Bonchev–Trinajstić information content (AvgIpc) is 2.85. The Morgan fingerprint density at radius 2 is 1.73 bits per heavy atom. The van der Waals surface area contributed by atoms with Gasteiger partial charge in [-0.2, -0.15) is 0 Å². The van der Waals surface area contributed by atoms with Gasteiger partial charge in [-0.1, -0.05) is 72.8 Å². The number of hydrogen-bond donors (Lipinski definition) is 1. The Balaban J connectivity index is 1.54. The zero-order chi connectivity index (χ0) is 23.3. The second-order valence-corrected chi connectivity index (χ2v) is 8.25. The Labute approximate surface area is 193 Å². The Hall–Kier alpha value is -3.64. The first-order chi connectivity index (χ1) is 16.0. The normalized spacial score (nSPS) is 18.0. The van der Waals surface area contributed by atoms with E-state index in [0.717, 1.165) is 22.3 Å². The van der Waals surface area contributed by atoms with Crippen LogP contribution in [0.2, 0.25) is 0 Å². The van der Waals surface area contributed by atoms with Gasteiger partial charge in [0, 0.05) is 18.5 Å². The van der Waals surface area contributed by atoms with Gasteiger partial charge in [0.25, 0.3) is 5.91 Å². The molecule has 1 saturated heterocycles. The number of nitrogens with two attached hydrogens (primary N) is 1. The third-order valence-corrected chi connectivity index (χ3v) is 6.05. The van der Waals surface area contributed by atoms with E-state index in [1.54, 1.807) is 12.0 Å². The minimum atomic E-state index is -1.27. The van der Waals surface area contributed by atoms with Crippen molar-refractivity contribution in [2.24, 2.45) is 5.73 Å². The van der Waals surface area contributed by atoms with Crippen LogP contribution in [-0.4, -0.2) is 49.1 Å². The Morgan fingerprint density at radius 3 is 2.48 bits per heavy atom. The highest BCUT2D eigenvalue weighted by atomic mass is 16.5. The summed E-state index contributed by atoms with van der Waals surface area (Å²) in [6.45, 7) is 0.776. The fourth-order valence-electron chi connectivity index (χ4n) is 4.29. The van der Waals surface area contributed by atoms with Gasteiger partial charge in [0.15, 0.2) is 5.60 Å². The zero-order valence-electron chi connectivity index (χ0n) is 18.7. The van der Waals surface area contributed by atoms with E-state index in [9.17, 15) is 9.59 Å². The van der Waals surface area contributed by atoms with Crippen LogP contribution in [0.4, 0.5) is 0 Å². The molecule has 0 aromatic heterocycles. The van der Waals surface area contributed by atoms with Gasteiger partial charge in [0.2, 0.25) is 5.91 Å². The van der Waals surface area contributed by atoms with Crippen LogP contribution >= 0.6 is 0 Å². The number of primary amides is 1. The van der Waals surface area contributed by atoms with Crippen LogP contribution in [0.1, 0.15) is 11.1 Å². The van der Waals surface area contributed by atoms with Crippen molar-refractivity contribution in [3.63, 3.8) is 0 Å². The highest BCUT2D eigenvalue weighted by Gasteiger charge is 2.43. The third kappa shape index (κ3) is 5.07. The highest BCUT2D eigenvalue weighted by Crippen LogP contribution is 2.27. The Kier molecular flexibility index (Phi) is 6.75. The highest BCUT2D eigenvalue weighted by molar-refractivity contribution is 5.86. The summed E-state index contributed by atoms with van der Waals surface area (Å²) in [5.41, 5.74) is 8.43. The van der Waals surface area contributed by atoms with Gasteiger partial charge in [0.05, 0.1) is 26.7 Å². The summed E-state index contributed by atoms with van der Waals surface area (Å²) in [5, 5.41) is 0. The van der Waals surface area contributed by atoms with Crippen LogP contribution in [0.15, 0.2) is 78.9 Å². The lowest BCUT2D eigenvalue weighted by molar-refractivity contribution is -0.163.